The van der Waals surface area contributed by atoms with Crippen molar-refractivity contribution in [3.05, 3.63) is 11.2 Å². The smallest absolute Gasteiger partial charge is 0.317 e. The van der Waals surface area contributed by atoms with Gasteiger partial charge in [0.2, 0.25) is 5.91 Å². The lowest BCUT2D eigenvalue weighted by molar-refractivity contribution is -0.119. The molecule has 3 amide bonds. The maximum absolute atomic E-state index is 12.3. The quantitative estimate of drug-likeness (QED) is 0.383. The molecule has 1 fully saturated rings. The van der Waals surface area contributed by atoms with Crippen molar-refractivity contribution >= 4 is 41.1 Å². The van der Waals surface area contributed by atoms with Gasteiger partial charge in [-0.3, -0.25) is 4.79 Å². The Balaban J connectivity index is 1.99. The lowest BCUT2D eigenvalue weighted by Gasteiger charge is -2.40. The van der Waals surface area contributed by atoms with Crippen LogP contribution < -0.4 is 15.5 Å². The predicted molar refractivity (Wildman–Crippen MR) is 118 cm³/mol. The van der Waals surface area contributed by atoms with E-state index in [1.165, 1.54) is 11.8 Å². The molecule has 0 radical (unpaired) electrons. The fourth-order valence-corrected chi connectivity index (χ4v) is 3.85. The van der Waals surface area contributed by atoms with E-state index in [1.807, 2.05) is 39.5 Å². The molecule has 0 aliphatic carbocycles. The molecule has 162 valence electrons. The Morgan fingerprint density at radius 1 is 1.28 bits per heavy atom. The third-order valence-electron chi connectivity index (χ3n) is 4.64. The van der Waals surface area contributed by atoms with Crippen molar-refractivity contribution in [1.82, 2.24) is 25.5 Å². The number of amides is 3. The number of nitrogens with zero attached hydrogens (tertiary/aromatic N) is 4. The molecule has 0 spiro atoms. The monoisotopic (exact) mass is 442 g/mol. The zero-order valence-corrected chi connectivity index (χ0v) is 19.3. The number of aromatic nitrogens is 2. The molecule has 2 N–H and O–H groups in total. The van der Waals surface area contributed by atoms with Gasteiger partial charge in [-0.15, -0.1) is 0 Å². The van der Waals surface area contributed by atoms with E-state index in [-0.39, 0.29) is 35.8 Å². The van der Waals surface area contributed by atoms with E-state index in [2.05, 4.69) is 25.5 Å². The first-order chi connectivity index (χ1) is 13.7. The average molecular weight is 443 g/mol. The molecule has 0 saturated carbocycles. The number of nitrogens with one attached hydrogen (secondary N) is 2. The lowest BCUT2D eigenvalue weighted by atomic mass is 10.2. The highest BCUT2D eigenvalue weighted by Gasteiger charge is 2.28. The summed E-state index contributed by atoms with van der Waals surface area (Å²) in [5.74, 6) is 0.905. The standard InChI is InChI=1S/C19H31ClN6O2S/c1-6-13(4)22-17(27)11-29-18-23-15(20)9-16(24-18)25-7-8-26(14(5)10-25)19(28)21-12(2)3/h9,12-14H,6-8,10-11H2,1-5H3,(H,21,28)(H,22,27). The van der Waals surface area contributed by atoms with Crippen LogP contribution in [0.3, 0.4) is 0 Å². The zero-order chi connectivity index (χ0) is 21.6. The first-order valence-electron chi connectivity index (χ1n) is 9.98. The number of thioether (sulfide) groups is 1. The molecule has 29 heavy (non-hydrogen) atoms. The fraction of sp³-hybridized carbons (Fsp3) is 0.684. The Hall–Kier alpha value is -1.74. The van der Waals surface area contributed by atoms with Gasteiger partial charge >= 0.3 is 6.03 Å². The average Bonchev–Trinajstić information content (AvgIpc) is 2.65. The summed E-state index contributed by atoms with van der Waals surface area (Å²) in [5, 5.41) is 6.68. The Morgan fingerprint density at radius 2 is 2.00 bits per heavy atom. The molecule has 1 aliphatic rings. The van der Waals surface area contributed by atoms with Crippen molar-refractivity contribution in [3.8, 4) is 0 Å². The van der Waals surface area contributed by atoms with E-state index in [9.17, 15) is 9.59 Å². The molecule has 8 nitrogen and oxygen atoms in total. The van der Waals surface area contributed by atoms with Crippen LogP contribution in [0.1, 0.15) is 41.0 Å². The minimum atomic E-state index is -0.0483. The maximum atomic E-state index is 12.3. The lowest BCUT2D eigenvalue weighted by Crippen LogP contribution is -2.57. The molecule has 0 bridgehead atoms. The van der Waals surface area contributed by atoms with Crippen LogP contribution in [-0.2, 0) is 4.79 Å². The molecule has 2 heterocycles. The normalized spacial score (nSPS) is 18.0. The number of hydrogen-bond acceptors (Lipinski definition) is 6. The van der Waals surface area contributed by atoms with Gasteiger partial charge in [0.1, 0.15) is 11.0 Å². The summed E-state index contributed by atoms with van der Waals surface area (Å²) in [6, 6.07) is 1.96. The predicted octanol–water partition coefficient (Wildman–Crippen LogP) is 2.77. The third-order valence-corrected chi connectivity index (χ3v) is 5.68. The molecular weight excluding hydrogens is 412 g/mol. The van der Waals surface area contributed by atoms with Gasteiger partial charge in [0.05, 0.1) is 5.75 Å². The second-order valence-corrected chi connectivity index (χ2v) is 8.92. The van der Waals surface area contributed by atoms with Crippen LogP contribution in [-0.4, -0.2) is 70.3 Å². The van der Waals surface area contributed by atoms with Gasteiger partial charge in [-0.2, -0.15) is 0 Å². The number of carbonyl (C=O) groups is 2. The summed E-state index contributed by atoms with van der Waals surface area (Å²) in [6.45, 7) is 11.8. The number of urea groups is 1. The maximum Gasteiger partial charge on any atom is 0.317 e. The molecule has 1 aliphatic heterocycles. The van der Waals surface area contributed by atoms with E-state index in [1.54, 1.807) is 6.07 Å². The molecule has 2 atom stereocenters. The molecular formula is C19H31ClN6O2S. The largest absolute Gasteiger partial charge is 0.353 e. The van der Waals surface area contributed by atoms with Crippen LogP contribution in [0.15, 0.2) is 11.2 Å². The van der Waals surface area contributed by atoms with Gasteiger partial charge in [-0.05, 0) is 34.1 Å². The van der Waals surface area contributed by atoms with Gasteiger partial charge in [0.15, 0.2) is 5.16 Å². The van der Waals surface area contributed by atoms with Crippen LogP contribution >= 0.6 is 23.4 Å². The molecule has 2 unspecified atom stereocenters. The zero-order valence-electron chi connectivity index (χ0n) is 17.7. The van der Waals surface area contributed by atoms with E-state index in [0.717, 1.165) is 6.42 Å². The molecule has 2 rings (SSSR count). The van der Waals surface area contributed by atoms with Crippen LogP contribution in [0.2, 0.25) is 5.15 Å². The number of rotatable bonds is 7. The van der Waals surface area contributed by atoms with Crippen molar-refractivity contribution in [2.45, 2.75) is 64.3 Å². The van der Waals surface area contributed by atoms with Crippen molar-refractivity contribution < 1.29 is 9.59 Å². The number of carbonyl (C=O) groups excluding carboxylic acids is 2. The number of halogens is 1. The molecule has 1 saturated heterocycles. The van der Waals surface area contributed by atoms with Crippen LogP contribution in [0.5, 0.6) is 0 Å². The van der Waals surface area contributed by atoms with Crippen LogP contribution in [0, 0.1) is 0 Å². The fourth-order valence-electron chi connectivity index (χ4n) is 2.96. The summed E-state index contributed by atoms with van der Waals surface area (Å²) >= 11 is 7.46. The Kier molecular flexibility index (Phi) is 8.82. The summed E-state index contributed by atoms with van der Waals surface area (Å²) in [7, 11) is 0. The molecule has 1 aromatic heterocycles. The van der Waals surface area contributed by atoms with Gasteiger partial charge < -0.3 is 20.4 Å². The SMILES string of the molecule is CCC(C)NC(=O)CSc1nc(Cl)cc(N2CCN(C(=O)NC(C)C)C(C)C2)n1. The summed E-state index contributed by atoms with van der Waals surface area (Å²) in [5.41, 5.74) is 0. The summed E-state index contributed by atoms with van der Waals surface area (Å²) in [6.07, 6.45) is 0.883. The highest BCUT2D eigenvalue weighted by atomic mass is 35.5. The highest BCUT2D eigenvalue weighted by molar-refractivity contribution is 7.99. The van der Waals surface area contributed by atoms with Crippen LogP contribution in [0.4, 0.5) is 10.6 Å². The molecule has 10 heteroatoms. The Bertz CT molecular complexity index is 720. The molecule has 0 aromatic carbocycles. The van der Waals surface area contributed by atoms with E-state index in [0.29, 0.717) is 35.8 Å². The second-order valence-electron chi connectivity index (χ2n) is 7.59. The number of hydrogen-bond donors (Lipinski definition) is 2. The minimum absolute atomic E-state index is 0.0358. The number of piperazine rings is 1. The minimum Gasteiger partial charge on any atom is -0.353 e. The second kappa shape index (κ2) is 10.9. The van der Waals surface area contributed by atoms with E-state index >= 15 is 0 Å². The van der Waals surface area contributed by atoms with Crippen molar-refractivity contribution in [2.24, 2.45) is 0 Å². The van der Waals surface area contributed by atoms with Crippen molar-refractivity contribution in [1.29, 1.82) is 0 Å². The first-order valence-corrected chi connectivity index (χ1v) is 11.3. The van der Waals surface area contributed by atoms with Crippen molar-refractivity contribution in [3.63, 3.8) is 0 Å². The summed E-state index contributed by atoms with van der Waals surface area (Å²) in [4.78, 5) is 37.1. The number of anilines is 1. The summed E-state index contributed by atoms with van der Waals surface area (Å²) < 4.78 is 0. The topological polar surface area (TPSA) is 90.5 Å². The van der Waals surface area contributed by atoms with Gasteiger partial charge in [0, 0.05) is 43.8 Å². The highest BCUT2D eigenvalue weighted by Crippen LogP contribution is 2.24. The third kappa shape index (κ3) is 7.22. The van der Waals surface area contributed by atoms with E-state index in [4.69, 9.17) is 11.6 Å². The first kappa shape index (κ1) is 23.5. The van der Waals surface area contributed by atoms with Crippen LogP contribution in [0.25, 0.3) is 0 Å². The Labute approximate surface area is 182 Å². The van der Waals surface area contributed by atoms with Crippen molar-refractivity contribution in [2.75, 3.05) is 30.3 Å². The van der Waals surface area contributed by atoms with Gasteiger partial charge in [-0.1, -0.05) is 30.3 Å². The van der Waals surface area contributed by atoms with Gasteiger partial charge in [-0.25, -0.2) is 14.8 Å². The molecule has 1 aromatic rings. The van der Waals surface area contributed by atoms with Gasteiger partial charge in [0.25, 0.3) is 0 Å². The van der Waals surface area contributed by atoms with E-state index < -0.39 is 0 Å². The Morgan fingerprint density at radius 3 is 2.62 bits per heavy atom.